The van der Waals surface area contributed by atoms with Gasteiger partial charge in [-0.05, 0) is 0 Å². The summed E-state index contributed by atoms with van der Waals surface area (Å²) in [5, 5.41) is 0. The monoisotopic (exact) mass is 138 g/mol. The molecule has 34 valence electrons. The Labute approximate surface area is 47.1 Å². The van der Waals surface area contributed by atoms with Gasteiger partial charge in [0.2, 0.25) is 0 Å². The van der Waals surface area contributed by atoms with Crippen molar-refractivity contribution in [3.05, 3.63) is 0 Å². The average Bonchev–Trinajstić information content (AvgIpc) is 1.65. The van der Waals surface area contributed by atoms with Gasteiger partial charge in [0.15, 0.2) is 0 Å². The fourth-order valence-electron chi connectivity index (χ4n) is 0.0430. The third-order valence-corrected chi connectivity index (χ3v) is 2.62. The van der Waals surface area contributed by atoms with Crippen LogP contribution in [-0.2, 0) is 4.18 Å². The minimum absolute atomic E-state index is 0.350. The molecule has 0 bridgehead atoms. The summed E-state index contributed by atoms with van der Waals surface area (Å²) in [6.45, 7) is 0. The Hall–Kier alpha value is 1.02. The SMILES string of the molecule is COS(#P)=BS. The summed E-state index contributed by atoms with van der Waals surface area (Å²) in [5.74, 6) is 0. The number of hydrogen-bond acceptors (Lipinski definition) is 1. The molecule has 0 aromatic heterocycles. The maximum atomic E-state index is 4.66. The Bertz CT molecular complexity index is 135. The molecule has 6 heavy (non-hydrogen) atoms. The Morgan fingerprint density at radius 3 is 2.50 bits per heavy atom. The molecule has 0 amide bonds. The van der Waals surface area contributed by atoms with E-state index in [1.165, 1.54) is 0 Å². The molecular weight excluding hydrogens is 134 g/mol. The maximum absolute atomic E-state index is 4.66. The second-order valence-electron chi connectivity index (χ2n) is 0.548. The van der Waals surface area contributed by atoms with E-state index in [9.17, 15) is 0 Å². The molecule has 0 spiro atoms. The van der Waals surface area contributed by atoms with Gasteiger partial charge < -0.3 is 0 Å². The molecule has 0 heterocycles. The summed E-state index contributed by atoms with van der Waals surface area (Å²) in [5.41, 5.74) is 1.59. The first-order valence-corrected chi connectivity index (χ1v) is 4.03. The van der Waals surface area contributed by atoms with Crippen LogP contribution in [-0.4, -0.2) is 12.5 Å². The molecule has 5 heteroatoms. The van der Waals surface area contributed by atoms with Gasteiger partial charge in [-0.3, -0.25) is 0 Å². The first-order chi connectivity index (χ1) is 2.81. The first-order valence-electron chi connectivity index (χ1n) is 1.25. The van der Waals surface area contributed by atoms with Gasteiger partial charge >= 0.3 is 46.6 Å². The minimum atomic E-state index is -0.350. The molecule has 0 rings (SSSR count). The molecule has 0 saturated heterocycles. The topological polar surface area (TPSA) is 9.23 Å². The second kappa shape index (κ2) is 4.19. The van der Waals surface area contributed by atoms with E-state index in [2.05, 4.69) is 24.5 Å². The van der Waals surface area contributed by atoms with E-state index in [0.717, 1.165) is 0 Å². The van der Waals surface area contributed by atoms with Crippen LogP contribution in [0.2, 0.25) is 0 Å². The van der Waals surface area contributed by atoms with Crippen LogP contribution < -0.4 is 0 Å². The van der Waals surface area contributed by atoms with Crippen LogP contribution in [0.4, 0.5) is 0 Å². The predicted molar refractivity (Wildman–Crippen MR) is 36.3 cm³/mol. The summed E-state index contributed by atoms with van der Waals surface area (Å²) in [6, 6.07) is 0. The van der Waals surface area contributed by atoms with Crippen molar-refractivity contribution in [1.82, 2.24) is 0 Å². The Morgan fingerprint density at radius 2 is 2.50 bits per heavy atom. The Morgan fingerprint density at radius 1 is 2.00 bits per heavy atom. The average molecular weight is 138 g/mol. The molecule has 0 aromatic rings. The zero-order valence-electron chi connectivity index (χ0n) is 3.29. The molecule has 0 aliphatic rings. The standard InChI is InChI=1S/CH4BOPS2/c1-3-6(4)2-5/h5H,1H3. The van der Waals surface area contributed by atoms with Crippen molar-refractivity contribution in [3.63, 3.8) is 0 Å². The Kier molecular flexibility index (Phi) is 4.91. The zero-order chi connectivity index (χ0) is 4.99. The predicted octanol–water partition coefficient (Wildman–Crippen LogP) is 1.61. The molecule has 0 unspecified atom stereocenters. The van der Waals surface area contributed by atoms with Crippen LogP contribution in [0.1, 0.15) is 0 Å². The molecule has 0 saturated carbocycles. The van der Waals surface area contributed by atoms with E-state index < -0.39 is 0 Å². The van der Waals surface area contributed by atoms with Crippen molar-refractivity contribution in [2.75, 3.05) is 7.11 Å². The van der Waals surface area contributed by atoms with Gasteiger partial charge in [0.25, 0.3) is 0 Å². The van der Waals surface area contributed by atoms with Gasteiger partial charge in [-0.15, -0.1) is 0 Å². The molecular formula is CH4BOPS2. The van der Waals surface area contributed by atoms with E-state index >= 15 is 0 Å². The number of rotatable bonds is 0. The third-order valence-electron chi connectivity index (χ3n) is 0.261. The summed E-state index contributed by atoms with van der Waals surface area (Å²) in [4.78, 5) is 0. The quantitative estimate of drug-likeness (QED) is 0.304. The van der Waals surface area contributed by atoms with Crippen molar-refractivity contribution in [2.45, 2.75) is 0 Å². The van der Waals surface area contributed by atoms with E-state index in [1.807, 2.05) is 0 Å². The molecule has 0 atom stereocenters. The second-order valence-corrected chi connectivity index (χ2v) is 3.36. The van der Waals surface area contributed by atoms with Crippen LogP contribution in [0.15, 0.2) is 0 Å². The molecule has 0 radical (unpaired) electrons. The van der Waals surface area contributed by atoms with Crippen molar-refractivity contribution < 1.29 is 4.18 Å². The van der Waals surface area contributed by atoms with E-state index in [-0.39, 0.29) is 9.58 Å². The summed E-state index contributed by atoms with van der Waals surface area (Å²) in [6.07, 6.45) is 0. The molecule has 0 aliphatic carbocycles. The van der Waals surface area contributed by atoms with Gasteiger partial charge in [-0.1, -0.05) is 0 Å². The summed E-state index contributed by atoms with van der Waals surface area (Å²) in [7, 11) is 5.14. The van der Waals surface area contributed by atoms with Gasteiger partial charge in [0.05, 0.1) is 0 Å². The van der Waals surface area contributed by atoms with Crippen LogP contribution in [0.5, 0.6) is 0 Å². The van der Waals surface area contributed by atoms with Crippen molar-refractivity contribution in [3.8, 4) is 0 Å². The number of thiol groups is 1. The van der Waals surface area contributed by atoms with Gasteiger partial charge in [-0.2, -0.15) is 0 Å². The summed E-state index contributed by atoms with van der Waals surface area (Å²) >= 11 is 3.78. The summed E-state index contributed by atoms with van der Waals surface area (Å²) < 4.78 is 4.66. The first kappa shape index (κ1) is 7.02. The van der Waals surface area contributed by atoms with Crippen molar-refractivity contribution in [1.29, 1.82) is 0 Å². The van der Waals surface area contributed by atoms with E-state index in [4.69, 9.17) is 0 Å². The normalized spacial score (nSPS) is 10.5. The fraction of sp³-hybridized carbons (Fsp3) is 1.00. The molecule has 0 aliphatic heterocycles. The van der Waals surface area contributed by atoms with Crippen LogP contribution >= 0.6 is 29.9 Å². The van der Waals surface area contributed by atoms with Crippen molar-refractivity contribution >= 4 is 35.3 Å². The van der Waals surface area contributed by atoms with Gasteiger partial charge in [0.1, 0.15) is 0 Å². The molecule has 1 nitrogen and oxygen atoms in total. The number of hydrogen-bond donors (Lipinski definition) is 1. The van der Waals surface area contributed by atoms with Gasteiger partial charge in [0, 0.05) is 0 Å². The van der Waals surface area contributed by atoms with Crippen molar-refractivity contribution in [2.24, 2.45) is 0 Å². The molecule has 0 N–H and O–H groups in total. The van der Waals surface area contributed by atoms with Crippen LogP contribution in [0.25, 0.3) is 0 Å². The molecule has 0 fully saturated rings. The molecule has 0 aromatic carbocycles. The third kappa shape index (κ3) is 3.22. The van der Waals surface area contributed by atoms with E-state index in [1.54, 1.807) is 12.5 Å². The van der Waals surface area contributed by atoms with Crippen LogP contribution in [0, 0.1) is 0 Å². The van der Waals surface area contributed by atoms with Gasteiger partial charge in [-0.25, -0.2) is 0 Å². The van der Waals surface area contributed by atoms with E-state index in [0.29, 0.717) is 0 Å². The Balaban J connectivity index is 3.66. The fourth-order valence-corrected chi connectivity index (χ4v) is 0.387. The zero-order valence-corrected chi connectivity index (χ0v) is 5.89. The van der Waals surface area contributed by atoms with Crippen LogP contribution in [0.3, 0.4) is 0 Å².